The maximum absolute atomic E-state index is 13.7. The first-order valence-corrected chi connectivity index (χ1v) is 9.97. The number of ether oxygens (including phenoxy) is 1. The highest BCUT2D eigenvalue weighted by atomic mass is 32.2. The molecule has 8 heteroatoms. The fourth-order valence-electron chi connectivity index (χ4n) is 3.40. The fourth-order valence-corrected chi connectivity index (χ4v) is 4.46. The van der Waals surface area contributed by atoms with E-state index in [9.17, 15) is 9.59 Å². The van der Waals surface area contributed by atoms with Gasteiger partial charge in [0, 0.05) is 21.9 Å². The van der Waals surface area contributed by atoms with Crippen molar-refractivity contribution in [2.45, 2.75) is 9.79 Å². The number of hydrogen-bond acceptors (Lipinski definition) is 5. The van der Waals surface area contributed by atoms with Crippen LogP contribution in [-0.4, -0.2) is 18.3 Å². The molecular weight excluding hydrogens is 402 g/mol. The standard InChI is InChI=1S/C22H15N3O4S/c1-28-15-12-10-14(11-13-15)25-20(22(27)29-23-25)21(26)24-16-6-2-4-8-18(16)30-19-9-5-3-7-17(19)24/h2-13H,1H3/p+1. The Morgan fingerprint density at radius 2 is 1.57 bits per heavy atom. The molecule has 1 aromatic heterocycles. The van der Waals surface area contributed by atoms with Crippen molar-refractivity contribution in [1.82, 2.24) is 5.27 Å². The number of aromatic nitrogens is 2. The molecular formula is C22H16N3O4S+. The van der Waals surface area contributed by atoms with Gasteiger partial charge in [0.05, 0.1) is 18.5 Å². The fraction of sp³-hybridized carbons (Fsp3) is 0.0455. The number of carbonyl (C=O) groups is 1. The van der Waals surface area contributed by atoms with E-state index in [1.807, 2.05) is 48.5 Å². The van der Waals surface area contributed by atoms with Gasteiger partial charge in [0.15, 0.2) is 0 Å². The Balaban J connectivity index is 1.66. The molecule has 1 aliphatic heterocycles. The van der Waals surface area contributed by atoms with E-state index in [2.05, 4.69) is 5.27 Å². The number of H-pyrrole nitrogens is 1. The minimum Gasteiger partial charge on any atom is -0.497 e. The lowest BCUT2D eigenvalue weighted by Crippen LogP contribution is -2.45. The highest BCUT2D eigenvalue weighted by Gasteiger charge is 2.38. The van der Waals surface area contributed by atoms with Gasteiger partial charge in [-0.3, -0.25) is 14.2 Å². The van der Waals surface area contributed by atoms with Gasteiger partial charge in [0.25, 0.3) is 0 Å². The maximum atomic E-state index is 13.7. The smallest absolute Gasteiger partial charge is 0.441 e. The summed E-state index contributed by atoms with van der Waals surface area (Å²) in [5.74, 6) is 0.176. The zero-order valence-corrected chi connectivity index (χ0v) is 16.7. The van der Waals surface area contributed by atoms with Crippen molar-refractivity contribution >= 4 is 29.0 Å². The number of para-hydroxylation sites is 2. The van der Waals surface area contributed by atoms with Crippen molar-refractivity contribution in [3.05, 3.63) is 88.9 Å². The van der Waals surface area contributed by atoms with Crippen LogP contribution >= 0.6 is 11.8 Å². The van der Waals surface area contributed by atoms with Crippen molar-refractivity contribution in [3.8, 4) is 11.4 Å². The van der Waals surface area contributed by atoms with E-state index in [0.717, 1.165) is 9.79 Å². The average molecular weight is 418 g/mol. The summed E-state index contributed by atoms with van der Waals surface area (Å²) in [5, 5.41) is 2.53. The van der Waals surface area contributed by atoms with E-state index >= 15 is 0 Å². The second kappa shape index (κ2) is 7.23. The Morgan fingerprint density at radius 3 is 2.17 bits per heavy atom. The molecule has 0 aliphatic carbocycles. The Kier molecular flexibility index (Phi) is 4.40. The Bertz CT molecular complexity index is 1260. The van der Waals surface area contributed by atoms with E-state index in [1.54, 1.807) is 48.0 Å². The third kappa shape index (κ3) is 2.89. The average Bonchev–Trinajstić information content (AvgIpc) is 3.18. The number of fused-ring (bicyclic) bond motifs is 2. The van der Waals surface area contributed by atoms with Gasteiger partial charge < -0.3 is 4.74 Å². The number of nitrogens with zero attached hydrogens (tertiary/aromatic N) is 2. The van der Waals surface area contributed by atoms with Crippen molar-refractivity contribution in [3.63, 3.8) is 0 Å². The first-order valence-electron chi connectivity index (χ1n) is 9.15. The van der Waals surface area contributed by atoms with E-state index in [0.29, 0.717) is 22.8 Å². The Hall–Kier alpha value is -3.78. The number of anilines is 2. The molecule has 4 aromatic rings. The molecule has 7 nitrogen and oxygen atoms in total. The van der Waals surface area contributed by atoms with Crippen LogP contribution in [0.5, 0.6) is 5.75 Å². The lowest BCUT2D eigenvalue weighted by atomic mass is 10.2. The number of methoxy groups -OCH3 is 1. The minimum atomic E-state index is -0.746. The summed E-state index contributed by atoms with van der Waals surface area (Å²) in [4.78, 5) is 29.7. The molecule has 0 spiro atoms. The molecule has 0 saturated heterocycles. The first kappa shape index (κ1) is 18.3. The van der Waals surface area contributed by atoms with Gasteiger partial charge in [-0.05, 0) is 46.4 Å². The topological polar surface area (TPSA) is 79.4 Å². The summed E-state index contributed by atoms with van der Waals surface area (Å²) in [6.07, 6.45) is 0. The van der Waals surface area contributed by atoms with Crippen molar-refractivity contribution in [2.24, 2.45) is 0 Å². The second-order valence-corrected chi connectivity index (χ2v) is 7.62. The number of rotatable bonds is 3. The number of hydrogen-bond donors (Lipinski definition) is 1. The SMILES string of the molecule is COc1ccc(-[n+]2[nH]oc(=O)c2C(=O)N2c3ccccc3Sc3ccccc32)cc1. The Morgan fingerprint density at radius 1 is 0.967 bits per heavy atom. The molecule has 148 valence electrons. The summed E-state index contributed by atoms with van der Waals surface area (Å²) in [6.45, 7) is 0. The molecule has 0 saturated carbocycles. The molecule has 0 radical (unpaired) electrons. The highest BCUT2D eigenvalue weighted by Crippen LogP contribution is 2.48. The van der Waals surface area contributed by atoms with Crippen LogP contribution in [0.3, 0.4) is 0 Å². The van der Waals surface area contributed by atoms with E-state index in [1.165, 1.54) is 4.68 Å². The van der Waals surface area contributed by atoms with E-state index < -0.39 is 11.5 Å². The summed E-state index contributed by atoms with van der Waals surface area (Å²) in [7, 11) is 1.57. The van der Waals surface area contributed by atoms with Gasteiger partial charge in [-0.25, -0.2) is 4.79 Å². The quantitative estimate of drug-likeness (QED) is 0.513. The molecule has 5 rings (SSSR count). The molecule has 0 bridgehead atoms. The predicted molar refractivity (Wildman–Crippen MR) is 111 cm³/mol. The molecule has 1 amide bonds. The van der Waals surface area contributed by atoms with Gasteiger partial charge in [0.2, 0.25) is 5.69 Å². The maximum Gasteiger partial charge on any atom is 0.441 e. The molecule has 3 aromatic carbocycles. The zero-order valence-electron chi connectivity index (χ0n) is 15.9. The normalized spacial score (nSPS) is 12.2. The van der Waals surface area contributed by atoms with Gasteiger partial charge in [-0.2, -0.15) is 0 Å². The minimum absolute atomic E-state index is 0.128. The number of carbonyl (C=O) groups excluding carboxylic acids is 1. The van der Waals surface area contributed by atoms with Gasteiger partial charge in [-0.1, -0.05) is 36.0 Å². The van der Waals surface area contributed by atoms with Crippen LogP contribution < -0.4 is 19.9 Å². The van der Waals surface area contributed by atoms with Crippen LogP contribution in [-0.2, 0) is 0 Å². The highest BCUT2D eigenvalue weighted by molar-refractivity contribution is 7.99. The molecule has 30 heavy (non-hydrogen) atoms. The van der Waals surface area contributed by atoms with Crippen LogP contribution in [0.25, 0.3) is 5.69 Å². The lowest BCUT2D eigenvalue weighted by molar-refractivity contribution is -0.672. The molecule has 1 N–H and O–H groups in total. The number of nitrogens with one attached hydrogen (secondary N) is 1. The van der Waals surface area contributed by atoms with Crippen LogP contribution in [0, 0.1) is 0 Å². The van der Waals surface area contributed by atoms with E-state index in [4.69, 9.17) is 9.26 Å². The van der Waals surface area contributed by atoms with Gasteiger partial charge in [0.1, 0.15) is 5.75 Å². The lowest BCUT2D eigenvalue weighted by Gasteiger charge is -2.29. The summed E-state index contributed by atoms with van der Waals surface area (Å²) in [5.41, 5.74) is 1.12. The van der Waals surface area contributed by atoms with Crippen LogP contribution in [0.4, 0.5) is 11.4 Å². The van der Waals surface area contributed by atoms with Crippen LogP contribution in [0.2, 0.25) is 0 Å². The Labute approximate surface area is 175 Å². The third-order valence-electron chi connectivity index (χ3n) is 4.82. The van der Waals surface area contributed by atoms with Crippen molar-refractivity contribution in [2.75, 3.05) is 12.0 Å². The third-order valence-corrected chi connectivity index (χ3v) is 5.95. The van der Waals surface area contributed by atoms with Crippen LogP contribution in [0.15, 0.2) is 91.9 Å². The van der Waals surface area contributed by atoms with Gasteiger partial charge in [-0.15, -0.1) is 0 Å². The number of benzene rings is 3. The zero-order chi connectivity index (χ0) is 20.7. The first-order chi connectivity index (χ1) is 14.7. The van der Waals surface area contributed by atoms with Crippen molar-refractivity contribution < 1.29 is 18.7 Å². The largest absolute Gasteiger partial charge is 0.497 e. The predicted octanol–water partition coefficient (Wildman–Crippen LogP) is 3.70. The number of aromatic amines is 1. The monoisotopic (exact) mass is 418 g/mol. The molecule has 1 aliphatic rings. The van der Waals surface area contributed by atoms with E-state index in [-0.39, 0.29) is 5.69 Å². The molecule has 0 fully saturated rings. The number of amides is 1. The van der Waals surface area contributed by atoms with Gasteiger partial charge >= 0.3 is 17.2 Å². The summed E-state index contributed by atoms with van der Waals surface area (Å²) < 4.78 is 11.5. The summed E-state index contributed by atoms with van der Waals surface area (Å²) in [6, 6.07) is 22.1. The second-order valence-electron chi connectivity index (χ2n) is 6.54. The van der Waals surface area contributed by atoms with Crippen molar-refractivity contribution in [1.29, 1.82) is 0 Å². The molecule has 2 heterocycles. The molecule has 0 atom stereocenters. The summed E-state index contributed by atoms with van der Waals surface area (Å²) >= 11 is 1.59. The molecule has 0 unspecified atom stereocenters. The van der Waals surface area contributed by atoms with Crippen LogP contribution in [0.1, 0.15) is 10.5 Å².